The predicted octanol–water partition coefficient (Wildman–Crippen LogP) is 3.44. The van der Waals surface area contributed by atoms with Gasteiger partial charge in [0.25, 0.3) is 0 Å². The molecule has 0 radical (unpaired) electrons. The minimum atomic E-state index is -0.605. The maximum Gasteiger partial charge on any atom is 0.407 e. The summed E-state index contributed by atoms with van der Waals surface area (Å²) >= 11 is 1.27. The SMILES string of the molecule is CCOC(=O)c1csc(C(CC(NC(=O)OC(C)(C)C)C(C)C)NC(C)=O)n1. The van der Waals surface area contributed by atoms with Gasteiger partial charge in [-0.25, -0.2) is 14.6 Å². The molecule has 0 saturated heterocycles. The molecule has 2 unspecified atom stereocenters. The van der Waals surface area contributed by atoms with E-state index in [2.05, 4.69) is 15.6 Å². The largest absolute Gasteiger partial charge is 0.461 e. The lowest BCUT2D eigenvalue weighted by atomic mass is 9.97. The maximum absolute atomic E-state index is 12.2. The molecule has 0 saturated carbocycles. The number of nitrogens with one attached hydrogen (secondary N) is 2. The van der Waals surface area contributed by atoms with Crippen LogP contribution >= 0.6 is 11.3 Å². The Morgan fingerprint density at radius 2 is 1.86 bits per heavy atom. The van der Waals surface area contributed by atoms with Gasteiger partial charge in [0.15, 0.2) is 5.69 Å². The number of nitrogens with zero attached hydrogens (tertiary/aromatic N) is 1. The van der Waals surface area contributed by atoms with Gasteiger partial charge >= 0.3 is 12.1 Å². The van der Waals surface area contributed by atoms with Gasteiger partial charge in [-0.05, 0) is 40.0 Å². The predicted molar refractivity (Wildman–Crippen MR) is 107 cm³/mol. The second kappa shape index (κ2) is 10.4. The van der Waals surface area contributed by atoms with Crippen LogP contribution in [-0.4, -0.2) is 41.2 Å². The zero-order valence-electron chi connectivity index (χ0n) is 17.6. The van der Waals surface area contributed by atoms with E-state index < -0.39 is 23.7 Å². The molecule has 1 heterocycles. The number of amides is 2. The maximum atomic E-state index is 12.2. The van der Waals surface area contributed by atoms with Crippen molar-refractivity contribution >= 4 is 29.3 Å². The summed E-state index contributed by atoms with van der Waals surface area (Å²) in [7, 11) is 0. The third-order valence-corrected chi connectivity index (χ3v) is 4.64. The third-order valence-electron chi connectivity index (χ3n) is 3.68. The molecule has 0 fully saturated rings. The van der Waals surface area contributed by atoms with Crippen molar-refractivity contribution in [1.82, 2.24) is 15.6 Å². The van der Waals surface area contributed by atoms with Crippen molar-refractivity contribution in [3.05, 3.63) is 16.1 Å². The average molecular weight is 414 g/mol. The summed E-state index contributed by atoms with van der Waals surface area (Å²) < 4.78 is 10.3. The normalized spacial score (nSPS) is 13.6. The summed E-state index contributed by atoms with van der Waals surface area (Å²) in [6.07, 6.45) is -0.106. The van der Waals surface area contributed by atoms with Crippen LogP contribution in [0.3, 0.4) is 0 Å². The molecule has 0 spiro atoms. The van der Waals surface area contributed by atoms with Crippen LogP contribution < -0.4 is 10.6 Å². The molecule has 2 atom stereocenters. The Labute approximate surface area is 170 Å². The van der Waals surface area contributed by atoms with Gasteiger partial charge in [-0.2, -0.15) is 0 Å². The number of esters is 1. The van der Waals surface area contributed by atoms with Gasteiger partial charge in [-0.3, -0.25) is 4.79 Å². The Kier molecular flexibility index (Phi) is 8.87. The molecule has 1 aromatic rings. The number of aromatic nitrogens is 1. The summed E-state index contributed by atoms with van der Waals surface area (Å²) in [6, 6.07) is -0.713. The first kappa shape index (κ1) is 23.9. The number of hydrogen-bond acceptors (Lipinski definition) is 7. The van der Waals surface area contributed by atoms with Crippen molar-refractivity contribution in [2.24, 2.45) is 5.92 Å². The minimum absolute atomic E-state index is 0.0910. The van der Waals surface area contributed by atoms with E-state index in [0.717, 1.165) is 0 Å². The van der Waals surface area contributed by atoms with Crippen LogP contribution in [0.1, 0.15) is 76.4 Å². The van der Waals surface area contributed by atoms with Crippen LogP contribution in [-0.2, 0) is 14.3 Å². The van der Waals surface area contributed by atoms with Crippen LogP contribution in [0.4, 0.5) is 4.79 Å². The van der Waals surface area contributed by atoms with Crippen molar-refractivity contribution in [3.63, 3.8) is 0 Å². The quantitative estimate of drug-likeness (QED) is 0.632. The number of rotatable bonds is 8. The molecule has 0 aliphatic rings. The number of ether oxygens (including phenoxy) is 2. The lowest BCUT2D eigenvalue weighted by Gasteiger charge is -2.28. The smallest absolute Gasteiger partial charge is 0.407 e. The van der Waals surface area contributed by atoms with Crippen molar-refractivity contribution in [2.45, 2.75) is 72.6 Å². The lowest BCUT2D eigenvalue weighted by molar-refractivity contribution is -0.119. The molecule has 2 N–H and O–H groups in total. The number of carbonyl (C=O) groups excluding carboxylic acids is 3. The summed E-state index contributed by atoms with van der Waals surface area (Å²) in [5.74, 6) is -0.634. The zero-order chi connectivity index (χ0) is 21.5. The molecular weight excluding hydrogens is 382 g/mol. The van der Waals surface area contributed by atoms with E-state index in [-0.39, 0.29) is 30.2 Å². The fourth-order valence-electron chi connectivity index (χ4n) is 2.42. The fourth-order valence-corrected chi connectivity index (χ4v) is 3.28. The molecule has 8 nitrogen and oxygen atoms in total. The van der Waals surface area contributed by atoms with E-state index in [1.165, 1.54) is 18.3 Å². The van der Waals surface area contributed by atoms with E-state index >= 15 is 0 Å². The molecule has 1 aromatic heterocycles. The Morgan fingerprint density at radius 1 is 1.21 bits per heavy atom. The van der Waals surface area contributed by atoms with E-state index in [9.17, 15) is 14.4 Å². The van der Waals surface area contributed by atoms with Crippen molar-refractivity contribution in [2.75, 3.05) is 6.61 Å². The van der Waals surface area contributed by atoms with Gasteiger partial charge in [0.05, 0.1) is 12.6 Å². The highest BCUT2D eigenvalue weighted by atomic mass is 32.1. The Bertz CT molecular complexity index is 681. The molecule has 9 heteroatoms. The van der Waals surface area contributed by atoms with E-state index in [1.54, 1.807) is 33.1 Å². The monoisotopic (exact) mass is 413 g/mol. The molecule has 0 aliphatic carbocycles. The summed E-state index contributed by atoms with van der Waals surface area (Å²) in [4.78, 5) is 40.1. The molecule has 1 rings (SSSR count). The molecule has 2 amide bonds. The van der Waals surface area contributed by atoms with Crippen LogP contribution in [0.25, 0.3) is 0 Å². The second-order valence-corrected chi connectivity index (χ2v) is 8.67. The molecule has 0 aliphatic heterocycles. The summed E-state index contributed by atoms with van der Waals surface area (Å²) in [5, 5.41) is 7.90. The summed E-state index contributed by atoms with van der Waals surface area (Å²) in [6.45, 7) is 12.7. The third kappa shape index (κ3) is 8.24. The highest BCUT2D eigenvalue weighted by molar-refractivity contribution is 7.09. The number of thiazole rings is 1. The standard InChI is InChI=1S/C19H31N3O5S/c1-8-26-17(24)15-10-28-16(21-15)14(20-12(4)23)9-13(11(2)3)22-18(25)27-19(5,6)7/h10-11,13-14H,8-9H2,1-7H3,(H,20,23)(H,22,25). The number of hydrogen-bond donors (Lipinski definition) is 2. The van der Waals surface area contributed by atoms with E-state index in [1.807, 2.05) is 13.8 Å². The molecule has 158 valence electrons. The first-order valence-electron chi connectivity index (χ1n) is 9.32. The van der Waals surface area contributed by atoms with E-state index in [0.29, 0.717) is 11.4 Å². The molecular formula is C19H31N3O5S. The van der Waals surface area contributed by atoms with Gasteiger partial charge in [-0.15, -0.1) is 11.3 Å². The van der Waals surface area contributed by atoms with E-state index in [4.69, 9.17) is 9.47 Å². The van der Waals surface area contributed by atoms with Crippen molar-refractivity contribution in [3.8, 4) is 0 Å². The van der Waals surface area contributed by atoms with Crippen LogP contribution in [0, 0.1) is 5.92 Å². The van der Waals surface area contributed by atoms with Crippen molar-refractivity contribution in [1.29, 1.82) is 0 Å². The summed E-state index contributed by atoms with van der Waals surface area (Å²) in [5.41, 5.74) is -0.398. The zero-order valence-corrected chi connectivity index (χ0v) is 18.4. The number of carbonyl (C=O) groups is 3. The molecule has 0 bridgehead atoms. The van der Waals surface area contributed by atoms with Crippen LogP contribution in [0.15, 0.2) is 5.38 Å². The topological polar surface area (TPSA) is 107 Å². The lowest BCUT2D eigenvalue weighted by Crippen LogP contribution is -2.44. The second-order valence-electron chi connectivity index (χ2n) is 7.78. The van der Waals surface area contributed by atoms with Crippen LogP contribution in [0.5, 0.6) is 0 Å². The fraction of sp³-hybridized carbons (Fsp3) is 0.684. The average Bonchev–Trinajstić information content (AvgIpc) is 3.01. The first-order valence-corrected chi connectivity index (χ1v) is 10.2. The van der Waals surface area contributed by atoms with Gasteiger partial charge in [-0.1, -0.05) is 13.8 Å². The minimum Gasteiger partial charge on any atom is -0.461 e. The highest BCUT2D eigenvalue weighted by Crippen LogP contribution is 2.25. The Balaban J connectivity index is 2.97. The molecule has 28 heavy (non-hydrogen) atoms. The van der Waals surface area contributed by atoms with Gasteiger partial charge in [0.2, 0.25) is 5.91 Å². The Morgan fingerprint density at radius 3 is 2.36 bits per heavy atom. The molecule has 0 aromatic carbocycles. The number of alkyl carbamates (subject to hydrolysis) is 1. The first-order chi connectivity index (χ1) is 12.9. The van der Waals surface area contributed by atoms with Gasteiger partial charge in [0, 0.05) is 18.3 Å². The Hall–Kier alpha value is -2.16. The van der Waals surface area contributed by atoms with Crippen LogP contribution in [0.2, 0.25) is 0 Å². The van der Waals surface area contributed by atoms with Gasteiger partial charge in [0.1, 0.15) is 10.6 Å². The van der Waals surface area contributed by atoms with Gasteiger partial charge < -0.3 is 20.1 Å². The highest BCUT2D eigenvalue weighted by Gasteiger charge is 2.27. The van der Waals surface area contributed by atoms with Crippen molar-refractivity contribution < 1.29 is 23.9 Å².